The average molecular weight is 303 g/mol. The van der Waals surface area contributed by atoms with E-state index in [0.29, 0.717) is 16.9 Å². The third-order valence-electron chi connectivity index (χ3n) is 3.71. The fourth-order valence-electron chi connectivity index (χ4n) is 2.55. The predicted octanol–water partition coefficient (Wildman–Crippen LogP) is 3.93. The maximum atomic E-state index is 14.5. The summed E-state index contributed by atoms with van der Waals surface area (Å²) in [6.45, 7) is -0.0778. The highest BCUT2D eigenvalue weighted by Gasteiger charge is 2.47. The zero-order chi connectivity index (χ0) is 15.6. The third-order valence-corrected chi connectivity index (χ3v) is 3.71. The number of hydrogen-bond donors (Lipinski definition) is 0. The van der Waals surface area contributed by atoms with Crippen molar-refractivity contribution in [3.8, 4) is 0 Å². The Hall–Kier alpha value is -2.43. The molecule has 0 N–H and O–H groups in total. The van der Waals surface area contributed by atoms with Gasteiger partial charge in [0, 0.05) is 12.1 Å². The molecule has 3 rings (SSSR count). The van der Waals surface area contributed by atoms with Crippen molar-refractivity contribution in [2.75, 3.05) is 6.54 Å². The van der Waals surface area contributed by atoms with Crippen LogP contribution < -0.4 is 0 Å². The molecular weight excluding hydrogens is 288 g/mol. The van der Waals surface area contributed by atoms with Crippen LogP contribution in [0.5, 0.6) is 0 Å². The summed E-state index contributed by atoms with van der Waals surface area (Å²) in [5.41, 5.74) is 1.20. The van der Waals surface area contributed by atoms with E-state index in [2.05, 4.69) is 0 Å². The molecule has 0 aromatic heterocycles. The fraction of sp³-hybridized carbons (Fsp3) is 0.235. The Balaban J connectivity index is 1.74. The van der Waals surface area contributed by atoms with E-state index < -0.39 is 12.1 Å². The Labute approximate surface area is 127 Å². The monoisotopic (exact) mass is 303 g/mol. The van der Waals surface area contributed by atoms with Crippen molar-refractivity contribution in [3.63, 3.8) is 0 Å². The molecule has 1 aliphatic heterocycles. The van der Waals surface area contributed by atoms with Crippen LogP contribution in [0.2, 0.25) is 0 Å². The molecule has 3 nitrogen and oxygen atoms in total. The van der Waals surface area contributed by atoms with Gasteiger partial charge in [0.25, 0.3) is 0 Å². The molecule has 0 aliphatic carbocycles. The number of carbonyl (C=O) groups excluding carboxylic acids is 1. The predicted molar refractivity (Wildman–Crippen MR) is 77.4 cm³/mol. The Morgan fingerprint density at radius 1 is 1.09 bits per heavy atom. The largest absolute Gasteiger partial charge is 0.444 e. The highest BCUT2D eigenvalue weighted by atomic mass is 19.3. The molecule has 0 spiro atoms. The van der Waals surface area contributed by atoms with Crippen molar-refractivity contribution in [2.24, 2.45) is 0 Å². The molecule has 0 saturated carbocycles. The first-order chi connectivity index (χ1) is 10.6. The van der Waals surface area contributed by atoms with E-state index in [9.17, 15) is 13.6 Å². The molecule has 0 atom stereocenters. The minimum atomic E-state index is -3.34. The molecular formula is C17H15F2NO2. The molecule has 0 unspecified atom stereocenters. The zero-order valence-corrected chi connectivity index (χ0v) is 11.8. The van der Waals surface area contributed by atoms with E-state index >= 15 is 0 Å². The van der Waals surface area contributed by atoms with Crippen LogP contribution >= 0.6 is 0 Å². The first-order valence-corrected chi connectivity index (χ1v) is 7.03. The molecule has 0 radical (unpaired) electrons. The summed E-state index contributed by atoms with van der Waals surface area (Å²) in [6.07, 6.45) is -0.602. The highest BCUT2D eigenvalue weighted by Crippen LogP contribution is 2.38. The van der Waals surface area contributed by atoms with Gasteiger partial charge in [-0.15, -0.1) is 0 Å². The van der Waals surface area contributed by atoms with Crippen LogP contribution in [0.15, 0.2) is 54.6 Å². The van der Waals surface area contributed by atoms with Gasteiger partial charge in [-0.1, -0.05) is 54.6 Å². The van der Waals surface area contributed by atoms with Gasteiger partial charge < -0.3 is 4.74 Å². The van der Waals surface area contributed by atoms with Crippen LogP contribution in [0.25, 0.3) is 0 Å². The smallest absolute Gasteiger partial charge is 0.415 e. The number of benzene rings is 2. The topological polar surface area (TPSA) is 29.5 Å². The van der Waals surface area contributed by atoms with Gasteiger partial charge in [-0.05, 0) is 17.5 Å². The number of fused-ring (bicyclic) bond motifs is 1. The molecule has 0 saturated heterocycles. The molecule has 5 heteroatoms. The maximum absolute atomic E-state index is 14.5. The molecule has 0 fully saturated rings. The van der Waals surface area contributed by atoms with Gasteiger partial charge in [-0.2, -0.15) is 8.78 Å². The lowest BCUT2D eigenvalue weighted by molar-refractivity contribution is -0.146. The van der Waals surface area contributed by atoms with E-state index in [1.807, 2.05) is 6.07 Å². The third kappa shape index (κ3) is 2.66. The number of carbonyl (C=O) groups is 1. The number of halogens is 2. The zero-order valence-electron chi connectivity index (χ0n) is 11.8. The van der Waals surface area contributed by atoms with Crippen LogP contribution in [0.4, 0.5) is 13.6 Å². The molecule has 0 bridgehead atoms. The molecule has 114 valence electrons. The molecule has 22 heavy (non-hydrogen) atoms. The van der Waals surface area contributed by atoms with Crippen LogP contribution in [0.1, 0.15) is 16.7 Å². The summed E-state index contributed by atoms with van der Waals surface area (Å²) in [5.74, 6) is 0. The average Bonchev–Trinajstić information content (AvgIpc) is 2.54. The summed E-state index contributed by atoms with van der Waals surface area (Å²) < 4.78 is 34.0. The van der Waals surface area contributed by atoms with E-state index in [4.69, 9.17) is 4.74 Å². The van der Waals surface area contributed by atoms with E-state index in [0.717, 1.165) is 5.56 Å². The summed E-state index contributed by atoms with van der Waals surface area (Å²) in [6, 6.07) is 11.9. The lowest BCUT2D eigenvalue weighted by Crippen LogP contribution is -2.48. The molecule has 1 heterocycles. The van der Waals surface area contributed by atoms with Gasteiger partial charge in [0.05, 0.1) is 0 Å². The number of nitrogens with zero attached hydrogens (tertiary/aromatic N) is 1. The first-order valence-electron chi connectivity index (χ1n) is 7.03. The number of hydrogen-bond acceptors (Lipinski definition) is 2. The van der Waals surface area contributed by atoms with Crippen molar-refractivity contribution in [3.05, 3.63) is 71.3 Å². The molecule has 2 aromatic rings. The summed E-state index contributed by atoms with van der Waals surface area (Å²) in [4.78, 5) is 12.5. The van der Waals surface area contributed by atoms with Crippen LogP contribution in [0, 0.1) is 0 Å². The van der Waals surface area contributed by atoms with E-state index in [-0.39, 0.29) is 18.7 Å². The lowest BCUT2D eigenvalue weighted by Gasteiger charge is -2.35. The molecule has 1 amide bonds. The number of rotatable bonds is 2. The van der Waals surface area contributed by atoms with E-state index in [1.165, 1.54) is 6.07 Å². The second-order valence-corrected chi connectivity index (χ2v) is 5.14. The summed E-state index contributed by atoms with van der Waals surface area (Å²) in [7, 11) is 0. The Morgan fingerprint density at radius 3 is 2.55 bits per heavy atom. The molecule has 1 aliphatic rings. The summed E-state index contributed by atoms with van der Waals surface area (Å²) >= 11 is 0. The number of ether oxygens (including phenoxy) is 1. The Morgan fingerprint density at radius 2 is 1.77 bits per heavy atom. The van der Waals surface area contributed by atoms with Crippen LogP contribution in [-0.4, -0.2) is 17.5 Å². The fourth-order valence-corrected chi connectivity index (χ4v) is 2.55. The van der Waals surface area contributed by atoms with Crippen molar-refractivity contribution in [1.82, 2.24) is 4.90 Å². The van der Waals surface area contributed by atoms with Gasteiger partial charge in [-0.25, -0.2) is 9.69 Å². The van der Waals surface area contributed by atoms with Crippen molar-refractivity contribution in [1.29, 1.82) is 0 Å². The minimum absolute atomic E-state index is 0.0199. The van der Waals surface area contributed by atoms with Crippen LogP contribution in [0.3, 0.4) is 0 Å². The van der Waals surface area contributed by atoms with Crippen molar-refractivity contribution >= 4 is 6.09 Å². The Bertz CT molecular complexity index is 673. The van der Waals surface area contributed by atoms with Gasteiger partial charge >= 0.3 is 12.1 Å². The van der Waals surface area contributed by atoms with E-state index in [1.54, 1.807) is 42.5 Å². The quantitative estimate of drug-likeness (QED) is 0.787. The van der Waals surface area contributed by atoms with Gasteiger partial charge in [-0.3, -0.25) is 0 Å². The summed E-state index contributed by atoms with van der Waals surface area (Å²) in [5, 5.41) is 0. The molecule has 2 aromatic carbocycles. The number of alkyl halides is 2. The standard InChI is InChI=1S/C17H15F2NO2/c18-17(19)15-9-5-4-8-14(15)10-11-20(17)16(21)22-12-13-6-2-1-3-7-13/h1-9H,10-12H2. The maximum Gasteiger partial charge on any atom is 0.415 e. The minimum Gasteiger partial charge on any atom is -0.444 e. The lowest BCUT2D eigenvalue weighted by atomic mass is 9.98. The second-order valence-electron chi connectivity index (χ2n) is 5.14. The van der Waals surface area contributed by atoms with Crippen molar-refractivity contribution < 1.29 is 18.3 Å². The SMILES string of the molecule is O=C(OCc1ccccc1)N1CCc2ccccc2C1(F)F. The first kappa shape index (κ1) is 14.5. The normalized spacial score (nSPS) is 16.0. The van der Waals surface area contributed by atoms with Gasteiger partial charge in [0.15, 0.2) is 0 Å². The van der Waals surface area contributed by atoms with Crippen LogP contribution in [-0.2, 0) is 23.8 Å². The van der Waals surface area contributed by atoms with Gasteiger partial charge in [0.2, 0.25) is 0 Å². The highest BCUT2D eigenvalue weighted by molar-refractivity contribution is 5.69. The van der Waals surface area contributed by atoms with Crippen molar-refractivity contribution in [2.45, 2.75) is 19.1 Å². The van der Waals surface area contributed by atoms with Gasteiger partial charge in [0.1, 0.15) is 6.61 Å². The second kappa shape index (κ2) is 5.75. The number of amides is 1. The Kier molecular flexibility index (Phi) is 3.79.